The van der Waals surface area contributed by atoms with Gasteiger partial charge in [0.25, 0.3) is 0 Å². The van der Waals surface area contributed by atoms with Gasteiger partial charge in [-0.25, -0.2) is 4.99 Å². The van der Waals surface area contributed by atoms with Crippen LogP contribution >= 0.6 is 11.8 Å². The van der Waals surface area contributed by atoms with Gasteiger partial charge in [0.05, 0.1) is 11.2 Å². The lowest BCUT2D eigenvalue weighted by Crippen LogP contribution is -2.17. The first kappa shape index (κ1) is 23.2. The second-order valence-corrected chi connectivity index (χ2v) is 9.49. The summed E-state index contributed by atoms with van der Waals surface area (Å²) in [5.41, 5.74) is 11.6. The lowest BCUT2D eigenvalue weighted by Gasteiger charge is -2.22. The quantitative estimate of drug-likeness (QED) is 0.196. The topological polar surface area (TPSA) is 15.6 Å². The van der Waals surface area contributed by atoms with Gasteiger partial charge in [0.2, 0.25) is 0 Å². The van der Waals surface area contributed by atoms with Crippen LogP contribution in [0.5, 0.6) is 0 Å². The van der Waals surface area contributed by atoms with E-state index in [2.05, 4.69) is 102 Å². The minimum absolute atomic E-state index is 0.989. The molecule has 35 heavy (non-hydrogen) atoms. The summed E-state index contributed by atoms with van der Waals surface area (Å²) < 4.78 is 0. The van der Waals surface area contributed by atoms with E-state index in [1.54, 1.807) is 11.8 Å². The Bertz CT molecular complexity index is 1260. The number of thioether (sulfide) groups is 1. The predicted molar refractivity (Wildman–Crippen MR) is 155 cm³/mol. The van der Waals surface area contributed by atoms with Crippen molar-refractivity contribution in [2.75, 3.05) is 18.0 Å². The Labute approximate surface area is 213 Å². The van der Waals surface area contributed by atoms with Gasteiger partial charge in [0.15, 0.2) is 0 Å². The molecule has 0 unspecified atom stereocenters. The van der Waals surface area contributed by atoms with E-state index in [1.807, 2.05) is 24.0 Å². The maximum absolute atomic E-state index is 4.83. The summed E-state index contributed by atoms with van der Waals surface area (Å²) >= 11 is 1.60. The van der Waals surface area contributed by atoms with Crippen LogP contribution in [0.15, 0.2) is 114 Å². The zero-order valence-corrected chi connectivity index (χ0v) is 20.9. The molecule has 1 aliphatic heterocycles. The number of aliphatic imine (C=N–C) groups is 1. The van der Waals surface area contributed by atoms with Crippen molar-refractivity contribution in [1.82, 2.24) is 0 Å². The van der Waals surface area contributed by atoms with Crippen LogP contribution in [0.4, 0.5) is 11.4 Å². The highest BCUT2D eigenvalue weighted by atomic mass is 32.2. The van der Waals surface area contributed by atoms with Crippen LogP contribution < -0.4 is 4.90 Å². The first-order valence-corrected chi connectivity index (χ1v) is 13.2. The third-order valence-electron chi connectivity index (χ3n) is 6.37. The van der Waals surface area contributed by atoms with Crippen LogP contribution in [0.3, 0.4) is 0 Å². The number of hydrogen-bond acceptors (Lipinski definition) is 3. The Morgan fingerprint density at radius 2 is 1.34 bits per heavy atom. The summed E-state index contributed by atoms with van der Waals surface area (Å²) in [6, 6.07) is 34.9. The number of rotatable bonds is 7. The van der Waals surface area contributed by atoms with Crippen molar-refractivity contribution < 1.29 is 0 Å². The molecule has 4 aromatic rings. The molecule has 0 atom stereocenters. The molecule has 3 heteroatoms. The average Bonchev–Trinajstić information content (AvgIpc) is 3.47. The highest BCUT2D eigenvalue weighted by Gasteiger charge is 2.18. The third-order valence-corrected chi connectivity index (χ3v) is 7.03. The SMILES string of the molecule is C/C=C\SC=Nc1cc(-c2c(-c3ccccc3)cccc2-c2ccccc2)cc(N2CCCC2)c1. The van der Waals surface area contributed by atoms with Gasteiger partial charge in [-0.15, -0.1) is 0 Å². The van der Waals surface area contributed by atoms with Crippen molar-refractivity contribution in [3.63, 3.8) is 0 Å². The lowest BCUT2D eigenvalue weighted by atomic mass is 9.87. The third kappa shape index (κ3) is 5.41. The zero-order valence-electron chi connectivity index (χ0n) is 20.1. The molecule has 0 bridgehead atoms. The minimum atomic E-state index is 0.989. The van der Waals surface area contributed by atoms with Crippen molar-refractivity contribution >= 4 is 28.7 Å². The van der Waals surface area contributed by atoms with Gasteiger partial charge in [-0.3, -0.25) is 0 Å². The Hall–Kier alpha value is -3.56. The van der Waals surface area contributed by atoms with Crippen molar-refractivity contribution in [3.05, 3.63) is 109 Å². The molecule has 0 radical (unpaired) electrons. The van der Waals surface area contributed by atoms with Crippen molar-refractivity contribution in [1.29, 1.82) is 0 Å². The van der Waals surface area contributed by atoms with E-state index in [9.17, 15) is 0 Å². The molecular weight excluding hydrogens is 444 g/mol. The van der Waals surface area contributed by atoms with Crippen LogP contribution in [-0.2, 0) is 0 Å². The molecular formula is C32H30N2S. The van der Waals surface area contributed by atoms with E-state index in [4.69, 9.17) is 4.99 Å². The van der Waals surface area contributed by atoms with E-state index in [1.165, 1.54) is 51.9 Å². The van der Waals surface area contributed by atoms with Gasteiger partial charge in [-0.2, -0.15) is 0 Å². The molecule has 0 amide bonds. The molecule has 2 nitrogen and oxygen atoms in total. The summed E-state index contributed by atoms with van der Waals surface area (Å²) in [5.74, 6) is 0. The first-order valence-electron chi connectivity index (χ1n) is 12.3. The van der Waals surface area contributed by atoms with E-state index in [0.29, 0.717) is 0 Å². The summed E-state index contributed by atoms with van der Waals surface area (Å²) in [7, 11) is 0. The number of benzene rings is 4. The van der Waals surface area contributed by atoms with E-state index in [-0.39, 0.29) is 0 Å². The highest BCUT2D eigenvalue weighted by Crippen LogP contribution is 2.42. The number of anilines is 1. The fourth-order valence-corrected chi connectivity index (χ4v) is 5.17. The summed E-state index contributed by atoms with van der Waals surface area (Å²) in [4.78, 5) is 7.32. The molecule has 1 heterocycles. The smallest absolute Gasteiger partial charge is 0.0662 e. The molecule has 1 saturated heterocycles. The molecule has 0 aromatic heterocycles. The molecule has 174 valence electrons. The molecule has 0 N–H and O–H groups in total. The van der Waals surface area contributed by atoms with E-state index >= 15 is 0 Å². The highest BCUT2D eigenvalue weighted by molar-refractivity contribution is 8.14. The van der Waals surface area contributed by atoms with Gasteiger partial charge in [-0.1, -0.05) is 96.7 Å². The minimum Gasteiger partial charge on any atom is -0.371 e. The molecule has 5 rings (SSSR count). The monoisotopic (exact) mass is 474 g/mol. The average molecular weight is 475 g/mol. The zero-order chi connectivity index (χ0) is 23.9. The molecule has 4 aromatic carbocycles. The predicted octanol–water partition coefficient (Wildman–Crippen LogP) is 9.21. The van der Waals surface area contributed by atoms with E-state index < -0.39 is 0 Å². The van der Waals surface area contributed by atoms with E-state index in [0.717, 1.165) is 18.8 Å². The molecule has 1 aliphatic rings. The van der Waals surface area contributed by atoms with Gasteiger partial charge in [-0.05, 0) is 76.8 Å². The standard InChI is InChI=1S/C32H30N2S/c1-2-20-35-24-33-28-21-27(22-29(23-28)34-18-9-10-19-34)32-30(25-12-5-3-6-13-25)16-11-17-31(32)26-14-7-4-8-15-26/h2-8,11-17,20-24H,9-10,18-19H2,1H3/b20-2-,33-24?. The number of allylic oxidation sites excluding steroid dienone is 1. The summed E-state index contributed by atoms with van der Waals surface area (Å²) in [6.07, 6.45) is 4.52. The largest absolute Gasteiger partial charge is 0.371 e. The molecule has 0 aliphatic carbocycles. The van der Waals surface area contributed by atoms with Crippen LogP contribution in [0, 0.1) is 0 Å². The maximum atomic E-state index is 4.83. The summed E-state index contributed by atoms with van der Waals surface area (Å²) in [6.45, 7) is 4.23. The van der Waals surface area contributed by atoms with Crippen LogP contribution in [0.2, 0.25) is 0 Å². The first-order chi connectivity index (χ1) is 17.3. The van der Waals surface area contributed by atoms with Crippen molar-refractivity contribution in [2.45, 2.75) is 19.8 Å². The van der Waals surface area contributed by atoms with Gasteiger partial charge in [0.1, 0.15) is 0 Å². The Morgan fingerprint density at radius 3 is 1.94 bits per heavy atom. The van der Waals surface area contributed by atoms with Crippen molar-refractivity contribution in [2.24, 2.45) is 4.99 Å². The Kier molecular flexibility index (Phi) is 7.45. The molecule has 0 saturated carbocycles. The Morgan fingerprint density at radius 1 is 0.714 bits per heavy atom. The number of hydrogen-bond donors (Lipinski definition) is 0. The Balaban J connectivity index is 1.73. The van der Waals surface area contributed by atoms with Gasteiger partial charge in [0, 0.05) is 18.8 Å². The van der Waals surface area contributed by atoms with Crippen LogP contribution in [0.25, 0.3) is 33.4 Å². The van der Waals surface area contributed by atoms with Gasteiger partial charge >= 0.3 is 0 Å². The fraction of sp³-hybridized carbons (Fsp3) is 0.156. The van der Waals surface area contributed by atoms with Crippen LogP contribution in [-0.4, -0.2) is 18.6 Å². The maximum Gasteiger partial charge on any atom is 0.0662 e. The lowest BCUT2D eigenvalue weighted by molar-refractivity contribution is 0.949. The second-order valence-electron chi connectivity index (χ2n) is 8.73. The fourth-order valence-electron chi connectivity index (χ4n) is 4.76. The number of nitrogens with zero attached hydrogens (tertiary/aromatic N) is 2. The second kappa shape index (κ2) is 11.2. The normalized spacial score (nSPS) is 13.8. The molecule has 0 spiro atoms. The van der Waals surface area contributed by atoms with Crippen molar-refractivity contribution in [3.8, 4) is 33.4 Å². The molecule has 1 fully saturated rings. The summed E-state index contributed by atoms with van der Waals surface area (Å²) in [5, 5.41) is 2.05. The van der Waals surface area contributed by atoms with Gasteiger partial charge < -0.3 is 4.90 Å². The van der Waals surface area contributed by atoms with Crippen LogP contribution in [0.1, 0.15) is 19.8 Å².